The fourth-order valence-electron chi connectivity index (χ4n) is 3.21. The number of nitrogens with one attached hydrogen (secondary N) is 1. The van der Waals surface area contributed by atoms with Gasteiger partial charge in [0.2, 0.25) is 0 Å². The van der Waals surface area contributed by atoms with Gasteiger partial charge in [0.15, 0.2) is 0 Å². The normalized spacial score (nSPS) is 14.0. The van der Waals surface area contributed by atoms with Crippen molar-refractivity contribution in [3.05, 3.63) is 82.0 Å². The Balaban J connectivity index is 1.47. The molecule has 30 heavy (non-hydrogen) atoms. The monoisotopic (exact) mass is 416 g/mol. The maximum absolute atomic E-state index is 12.8. The molecule has 1 saturated carbocycles. The third-order valence-corrected chi connectivity index (χ3v) is 4.88. The lowest BCUT2D eigenvalue weighted by Gasteiger charge is -2.09. The van der Waals surface area contributed by atoms with Crippen LogP contribution in [0.25, 0.3) is 5.69 Å². The van der Waals surface area contributed by atoms with Crippen LogP contribution in [-0.4, -0.2) is 26.8 Å². The van der Waals surface area contributed by atoms with Crippen molar-refractivity contribution in [2.45, 2.75) is 31.5 Å². The molecule has 1 aliphatic rings. The van der Waals surface area contributed by atoms with Crippen molar-refractivity contribution in [1.29, 1.82) is 0 Å². The van der Waals surface area contributed by atoms with Gasteiger partial charge in [0.25, 0.3) is 5.91 Å². The molecule has 9 heteroatoms. The number of nitrogens with zero attached hydrogens (tertiary/aromatic N) is 3. The van der Waals surface area contributed by atoms with Crippen LogP contribution in [0.5, 0.6) is 0 Å². The fourth-order valence-corrected chi connectivity index (χ4v) is 3.21. The maximum atomic E-state index is 12.8. The van der Waals surface area contributed by atoms with Crippen LogP contribution in [0, 0.1) is 0 Å². The van der Waals surface area contributed by atoms with Gasteiger partial charge in [-0.15, -0.1) is 0 Å². The van der Waals surface area contributed by atoms with E-state index in [1.54, 1.807) is 4.57 Å². The van der Waals surface area contributed by atoms with E-state index in [2.05, 4.69) is 10.4 Å². The van der Waals surface area contributed by atoms with Crippen molar-refractivity contribution in [3.8, 4) is 5.69 Å². The van der Waals surface area contributed by atoms with Gasteiger partial charge in [-0.25, -0.2) is 14.0 Å². The number of aromatic nitrogens is 3. The molecular formula is C21H19F3N4O2. The van der Waals surface area contributed by atoms with Gasteiger partial charge in [-0.3, -0.25) is 4.79 Å². The molecule has 2 aromatic carbocycles. The molecule has 0 aliphatic heterocycles. The Labute approximate surface area is 170 Å². The minimum Gasteiger partial charge on any atom is -0.350 e. The number of amides is 1. The highest BCUT2D eigenvalue weighted by molar-refractivity contribution is 5.94. The van der Waals surface area contributed by atoms with Crippen LogP contribution >= 0.6 is 0 Å². The Hall–Kier alpha value is -3.36. The topological polar surface area (TPSA) is 68.9 Å². The van der Waals surface area contributed by atoms with E-state index in [-0.39, 0.29) is 30.3 Å². The molecule has 1 aliphatic carbocycles. The molecule has 1 aromatic heterocycles. The molecule has 0 saturated heterocycles. The lowest BCUT2D eigenvalue weighted by Crippen LogP contribution is -2.32. The second-order valence-electron chi connectivity index (χ2n) is 7.14. The summed E-state index contributed by atoms with van der Waals surface area (Å²) < 4.78 is 41.3. The standard InChI is InChI=1S/C21H19F3N4O2/c22-21(23,24)16-6-4-5-15(13-16)19(29)25-11-12-27-20(30)28(17-7-2-1-3-8-17)18(26-27)14-9-10-14/h1-8,13-14H,9-12H2,(H,25,29). The summed E-state index contributed by atoms with van der Waals surface area (Å²) in [4.78, 5) is 25.1. The van der Waals surface area contributed by atoms with Gasteiger partial charge in [-0.05, 0) is 43.2 Å². The second-order valence-corrected chi connectivity index (χ2v) is 7.14. The Bertz CT molecular complexity index is 1120. The molecule has 156 valence electrons. The first-order valence-corrected chi connectivity index (χ1v) is 9.55. The molecule has 0 unspecified atom stereocenters. The molecule has 0 atom stereocenters. The van der Waals surface area contributed by atoms with Crippen LogP contribution in [0.15, 0.2) is 59.4 Å². The van der Waals surface area contributed by atoms with Gasteiger partial charge < -0.3 is 5.32 Å². The van der Waals surface area contributed by atoms with Crippen LogP contribution in [0.1, 0.15) is 40.5 Å². The molecule has 0 bridgehead atoms. The van der Waals surface area contributed by atoms with Gasteiger partial charge in [0.05, 0.1) is 17.8 Å². The van der Waals surface area contributed by atoms with Gasteiger partial charge in [-0.2, -0.15) is 18.3 Å². The minimum absolute atomic E-state index is 0.0604. The molecule has 1 fully saturated rings. The summed E-state index contributed by atoms with van der Waals surface area (Å²) in [6, 6.07) is 13.4. The number of rotatable bonds is 6. The SMILES string of the molecule is O=C(NCCn1nc(C2CC2)n(-c2ccccc2)c1=O)c1cccc(C(F)(F)F)c1. The molecule has 1 heterocycles. The predicted molar refractivity (Wildman–Crippen MR) is 104 cm³/mol. The second kappa shape index (κ2) is 7.81. The van der Waals surface area contributed by atoms with E-state index in [1.165, 1.54) is 16.8 Å². The first-order chi connectivity index (χ1) is 14.3. The molecule has 4 rings (SSSR count). The zero-order chi connectivity index (χ0) is 21.3. The Morgan fingerprint density at radius 2 is 1.83 bits per heavy atom. The Morgan fingerprint density at radius 3 is 2.50 bits per heavy atom. The van der Waals surface area contributed by atoms with E-state index in [4.69, 9.17) is 0 Å². The summed E-state index contributed by atoms with van der Waals surface area (Å²) in [5.41, 5.74) is -0.562. The number of halogens is 3. The molecule has 6 nitrogen and oxygen atoms in total. The Morgan fingerprint density at radius 1 is 1.10 bits per heavy atom. The summed E-state index contributed by atoms with van der Waals surface area (Å²) in [7, 11) is 0. The fraction of sp³-hybridized carbons (Fsp3) is 0.286. The van der Waals surface area contributed by atoms with E-state index in [1.807, 2.05) is 30.3 Å². The van der Waals surface area contributed by atoms with E-state index in [0.717, 1.165) is 30.7 Å². The molecule has 3 aromatic rings. The highest BCUT2D eigenvalue weighted by Gasteiger charge is 2.32. The minimum atomic E-state index is -4.52. The number of hydrogen-bond acceptors (Lipinski definition) is 3. The van der Waals surface area contributed by atoms with Crippen LogP contribution in [0.3, 0.4) is 0 Å². The number of alkyl halides is 3. The average molecular weight is 416 g/mol. The molecular weight excluding hydrogens is 397 g/mol. The van der Waals surface area contributed by atoms with Crippen molar-refractivity contribution in [2.75, 3.05) is 6.54 Å². The molecule has 0 spiro atoms. The molecule has 1 N–H and O–H groups in total. The van der Waals surface area contributed by atoms with Crippen molar-refractivity contribution in [3.63, 3.8) is 0 Å². The van der Waals surface area contributed by atoms with Crippen molar-refractivity contribution >= 4 is 5.91 Å². The van der Waals surface area contributed by atoms with Gasteiger partial charge in [0.1, 0.15) is 5.82 Å². The quantitative estimate of drug-likeness (QED) is 0.670. The average Bonchev–Trinajstić information content (AvgIpc) is 3.52. The third kappa shape index (κ3) is 4.14. The predicted octanol–water partition coefficient (Wildman–Crippen LogP) is 3.36. The van der Waals surface area contributed by atoms with Gasteiger partial charge in [0, 0.05) is 18.0 Å². The van der Waals surface area contributed by atoms with E-state index in [9.17, 15) is 22.8 Å². The van der Waals surface area contributed by atoms with Crippen LogP contribution in [0.4, 0.5) is 13.2 Å². The zero-order valence-corrected chi connectivity index (χ0v) is 15.9. The zero-order valence-electron chi connectivity index (χ0n) is 15.9. The van der Waals surface area contributed by atoms with E-state index in [0.29, 0.717) is 5.82 Å². The van der Waals surface area contributed by atoms with Crippen molar-refractivity contribution in [1.82, 2.24) is 19.7 Å². The highest BCUT2D eigenvalue weighted by Crippen LogP contribution is 2.39. The highest BCUT2D eigenvalue weighted by atomic mass is 19.4. The first-order valence-electron chi connectivity index (χ1n) is 9.55. The first kappa shape index (κ1) is 19.9. The number of hydrogen-bond donors (Lipinski definition) is 1. The number of carbonyl (C=O) groups is 1. The number of benzene rings is 2. The van der Waals surface area contributed by atoms with Crippen LogP contribution in [-0.2, 0) is 12.7 Å². The smallest absolute Gasteiger partial charge is 0.350 e. The van der Waals surface area contributed by atoms with E-state index >= 15 is 0 Å². The third-order valence-electron chi connectivity index (χ3n) is 4.88. The lowest BCUT2D eigenvalue weighted by molar-refractivity contribution is -0.137. The summed E-state index contributed by atoms with van der Waals surface area (Å²) in [6.07, 6.45) is -2.59. The number of carbonyl (C=O) groups excluding carboxylic acids is 1. The summed E-state index contributed by atoms with van der Waals surface area (Å²) in [5.74, 6) is 0.285. The van der Waals surface area contributed by atoms with Gasteiger partial charge in [-0.1, -0.05) is 24.3 Å². The molecule has 0 radical (unpaired) electrons. The summed E-state index contributed by atoms with van der Waals surface area (Å²) >= 11 is 0. The summed E-state index contributed by atoms with van der Waals surface area (Å²) in [5, 5.41) is 6.98. The largest absolute Gasteiger partial charge is 0.416 e. The summed E-state index contributed by atoms with van der Waals surface area (Å²) in [6.45, 7) is 0.175. The Kier molecular flexibility index (Phi) is 5.19. The van der Waals surface area contributed by atoms with Crippen LogP contribution in [0.2, 0.25) is 0 Å². The molecule has 1 amide bonds. The van der Waals surface area contributed by atoms with Crippen LogP contribution < -0.4 is 11.0 Å². The van der Waals surface area contributed by atoms with Gasteiger partial charge >= 0.3 is 11.9 Å². The van der Waals surface area contributed by atoms with Crippen molar-refractivity contribution < 1.29 is 18.0 Å². The van der Waals surface area contributed by atoms with Crippen molar-refractivity contribution in [2.24, 2.45) is 0 Å². The lowest BCUT2D eigenvalue weighted by atomic mass is 10.1. The van der Waals surface area contributed by atoms with E-state index < -0.39 is 17.6 Å². The maximum Gasteiger partial charge on any atom is 0.416 e. The number of para-hydroxylation sites is 1.